The quantitative estimate of drug-likeness (QED) is 0.0222. The number of rotatable bonds is 81. The van der Waals surface area contributed by atoms with Crippen LogP contribution in [0.25, 0.3) is 0 Å². The Labute approximate surface area is 613 Å². The Balaban J connectivity index is 5.24. The zero-order chi connectivity index (χ0) is 73.4. The predicted molar refractivity (Wildman–Crippen MR) is 409 cm³/mol. The summed E-state index contributed by atoms with van der Waals surface area (Å²) in [5.74, 6) is -1.32. The van der Waals surface area contributed by atoms with Crippen molar-refractivity contribution in [3.8, 4) is 0 Å². The molecule has 3 N–H and O–H groups in total. The maximum Gasteiger partial charge on any atom is 0.472 e. The largest absolute Gasteiger partial charge is 0.472 e. The first-order valence-corrected chi connectivity index (χ1v) is 45.1. The van der Waals surface area contributed by atoms with E-state index in [1.807, 2.05) is 0 Å². The molecular formula is C81H158O17P2. The van der Waals surface area contributed by atoms with E-state index < -0.39 is 97.5 Å². The molecule has 100 heavy (non-hydrogen) atoms. The summed E-state index contributed by atoms with van der Waals surface area (Å²) >= 11 is 0. The summed E-state index contributed by atoms with van der Waals surface area (Å²) in [5, 5.41) is 10.6. The van der Waals surface area contributed by atoms with Crippen LogP contribution in [-0.4, -0.2) is 96.7 Å². The van der Waals surface area contributed by atoms with Gasteiger partial charge in [0.05, 0.1) is 26.4 Å². The molecule has 0 spiro atoms. The van der Waals surface area contributed by atoms with Crippen molar-refractivity contribution in [2.24, 2.45) is 5.92 Å². The van der Waals surface area contributed by atoms with Gasteiger partial charge in [-0.15, -0.1) is 0 Å². The van der Waals surface area contributed by atoms with Crippen LogP contribution in [0.15, 0.2) is 0 Å². The van der Waals surface area contributed by atoms with E-state index in [4.69, 9.17) is 37.0 Å². The lowest BCUT2D eigenvalue weighted by molar-refractivity contribution is -0.161. The molecule has 0 saturated heterocycles. The lowest BCUT2D eigenvalue weighted by Gasteiger charge is -2.21. The first-order valence-electron chi connectivity index (χ1n) is 42.1. The third kappa shape index (κ3) is 74.3. The SMILES string of the molecule is CCCCCCCCCCCCCCCCCCCCCCC(=O)O[C@H](COC(=O)CCCCCCCCCCCCCCC(C)C)COP(=O)(O)OC[C@@H](O)COP(=O)(O)OC[C@@H](COC(=O)CCCCCCCCCCCCCC)OC(=O)CCCCCCCCCCCCCCC. The van der Waals surface area contributed by atoms with E-state index in [0.29, 0.717) is 25.7 Å². The molecule has 5 atom stereocenters. The summed E-state index contributed by atoms with van der Waals surface area (Å²) in [7, 11) is -9.92. The summed E-state index contributed by atoms with van der Waals surface area (Å²) in [6, 6.07) is 0. The fraction of sp³-hybridized carbons (Fsp3) is 0.951. The third-order valence-corrected chi connectivity index (χ3v) is 20.9. The summed E-state index contributed by atoms with van der Waals surface area (Å²) in [6.07, 6.45) is 65.1. The maximum atomic E-state index is 13.1. The molecule has 0 radical (unpaired) electrons. The molecule has 0 fully saturated rings. The topological polar surface area (TPSA) is 237 Å². The zero-order valence-corrected chi connectivity index (χ0v) is 67.1. The Morgan fingerprint density at radius 3 is 0.680 bits per heavy atom. The standard InChI is InChI=1S/C81H158O17P2/c1-6-9-12-15-18-21-24-27-28-29-30-31-32-33-35-42-47-52-57-62-67-81(86)98-77(71-92-79(84)65-60-55-50-45-40-37-36-38-43-48-53-58-63-74(4)5)73-96-100(89,90)94-69-75(82)68-93-99(87,88)95-72-76(70-91-78(83)64-59-54-49-44-39-26-23-20-17-14-11-8-3)97-80(85)66-61-56-51-46-41-34-25-22-19-16-13-10-7-2/h74-77,82H,6-73H2,1-5H3,(H,87,88)(H,89,90)/t75-,76+,77+/m0/s1. The smallest absolute Gasteiger partial charge is 0.462 e. The first kappa shape index (κ1) is 98.1. The minimum absolute atomic E-state index is 0.108. The second-order valence-corrected chi connectivity index (χ2v) is 32.5. The van der Waals surface area contributed by atoms with Gasteiger partial charge >= 0.3 is 39.5 Å². The number of aliphatic hydroxyl groups is 1. The van der Waals surface area contributed by atoms with Gasteiger partial charge in [0.15, 0.2) is 12.2 Å². The van der Waals surface area contributed by atoms with Crippen LogP contribution in [0.2, 0.25) is 0 Å². The molecule has 19 heteroatoms. The van der Waals surface area contributed by atoms with Crippen molar-refractivity contribution in [3.05, 3.63) is 0 Å². The van der Waals surface area contributed by atoms with Crippen LogP contribution in [0, 0.1) is 5.92 Å². The number of hydrogen-bond donors (Lipinski definition) is 3. The number of aliphatic hydroxyl groups excluding tert-OH is 1. The van der Waals surface area contributed by atoms with Crippen LogP contribution in [0.5, 0.6) is 0 Å². The van der Waals surface area contributed by atoms with Crippen LogP contribution in [0.3, 0.4) is 0 Å². The number of ether oxygens (including phenoxy) is 4. The number of esters is 4. The molecule has 0 heterocycles. The van der Waals surface area contributed by atoms with Crippen molar-refractivity contribution in [2.45, 2.75) is 451 Å². The van der Waals surface area contributed by atoms with E-state index in [-0.39, 0.29) is 25.7 Å². The molecule has 0 aromatic rings. The van der Waals surface area contributed by atoms with Gasteiger partial charge in [-0.2, -0.15) is 0 Å². The second kappa shape index (κ2) is 73.9. The number of hydrogen-bond acceptors (Lipinski definition) is 15. The average Bonchev–Trinajstić information content (AvgIpc) is 0.916. The highest BCUT2D eigenvalue weighted by Crippen LogP contribution is 2.45. The molecule has 0 aliphatic rings. The third-order valence-electron chi connectivity index (χ3n) is 19.0. The summed E-state index contributed by atoms with van der Waals surface area (Å²) < 4.78 is 68.7. The molecule has 0 saturated carbocycles. The van der Waals surface area contributed by atoms with Crippen molar-refractivity contribution < 1.29 is 80.2 Å². The Morgan fingerprint density at radius 1 is 0.270 bits per heavy atom. The van der Waals surface area contributed by atoms with Crippen molar-refractivity contribution in [3.63, 3.8) is 0 Å². The first-order chi connectivity index (χ1) is 48.5. The summed E-state index contributed by atoms with van der Waals surface area (Å²) in [4.78, 5) is 73.0. The molecule has 2 unspecified atom stereocenters. The number of phosphoric acid groups is 2. The monoisotopic (exact) mass is 1470 g/mol. The molecule has 594 valence electrons. The van der Waals surface area contributed by atoms with E-state index >= 15 is 0 Å². The van der Waals surface area contributed by atoms with Gasteiger partial charge in [-0.05, 0) is 31.6 Å². The average molecular weight is 1470 g/mol. The van der Waals surface area contributed by atoms with Crippen molar-refractivity contribution in [1.82, 2.24) is 0 Å². The zero-order valence-electron chi connectivity index (χ0n) is 65.3. The molecule has 0 amide bonds. The van der Waals surface area contributed by atoms with Crippen LogP contribution < -0.4 is 0 Å². The van der Waals surface area contributed by atoms with Gasteiger partial charge in [-0.3, -0.25) is 37.3 Å². The maximum absolute atomic E-state index is 13.1. The highest BCUT2D eigenvalue weighted by molar-refractivity contribution is 7.47. The Bertz CT molecular complexity index is 1910. The van der Waals surface area contributed by atoms with Crippen molar-refractivity contribution in [1.29, 1.82) is 0 Å². The van der Waals surface area contributed by atoms with Crippen LogP contribution in [0.1, 0.15) is 433 Å². The molecule has 0 aromatic heterocycles. The van der Waals surface area contributed by atoms with E-state index in [1.54, 1.807) is 0 Å². The second-order valence-electron chi connectivity index (χ2n) is 29.6. The van der Waals surface area contributed by atoms with Gasteiger partial charge < -0.3 is 33.8 Å². The molecule has 0 bridgehead atoms. The Morgan fingerprint density at radius 2 is 0.460 bits per heavy atom. The Kier molecular flexibility index (Phi) is 72.5. The fourth-order valence-corrected chi connectivity index (χ4v) is 14.2. The molecule has 0 aliphatic carbocycles. The van der Waals surface area contributed by atoms with Crippen LogP contribution >= 0.6 is 15.6 Å². The Hall–Kier alpha value is -1.94. The number of carbonyl (C=O) groups excluding carboxylic acids is 4. The molecule has 17 nitrogen and oxygen atoms in total. The molecule has 0 aromatic carbocycles. The van der Waals surface area contributed by atoms with Crippen LogP contribution in [-0.2, 0) is 65.4 Å². The van der Waals surface area contributed by atoms with Gasteiger partial charge in [-0.25, -0.2) is 9.13 Å². The van der Waals surface area contributed by atoms with Gasteiger partial charge in [0, 0.05) is 25.7 Å². The van der Waals surface area contributed by atoms with Crippen molar-refractivity contribution in [2.75, 3.05) is 39.6 Å². The van der Waals surface area contributed by atoms with Gasteiger partial charge in [-0.1, -0.05) is 381 Å². The molecular weight excluding hydrogens is 1310 g/mol. The van der Waals surface area contributed by atoms with E-state index in [0.717, 1.165) is 95.8 Å². The lowest BCUT2D eigenvalue weighted by Crippen LogP contribution is -2.30. The number of phosphoric ester groups is 2. The van der Waals surface area contributed by atoms with E-state index in [9.17, 15) is 43.2 Å². The van der Waals surface area contributed by atoms with Gasteiger partial charge in [0.2, 0.25) is 0 Å². The highest BCUT2D eigenvalue weighted by atomic mass is 31.2. The van der Waals surface area contributed by atoms with E-state index in [2.05, 4.69) is 34.6 Å². The highest BCUT2D eigenvalue weighted by Gasteiger charge is 2.30. The summed E-state index contributed by atoms with van der Waals surface area (Å²) in [6.45, 7) is 7.35. The minimum atomic E-state index is -4.96. The predicted octanol–water partition coefficient (Wildman–Crippen LogP) is 24.4. The molecule has 0 aliphatic heterocycles. The van der Waals surface area contributed by atoms with Gasteiger partial charge in [0.25, 0.3) is 0 Å². The van der Waals surface area contributed by atoms with Gasteiger partial charge in [0.1, 0.15) is 19.3 Å². The lowest BCUT2D eigenvalue weighted by atomic mass is 10.0. The number of carbonyl (C=O) groups is 4. The fourth-order valence-electron chi connectivity index (χ4n) is 12.6. The number of unbranched alkanes of at least 4 members (excludes halogenated alkanes) is 53. The van der Waals surface area contributed by atoms with Crippen LogP contribution in [0.4, 0.5) is 0 Å². The summed E-state index contributed by atoms with van der Waals surface area (Å²) in [5.41, 5.74) is 0. The van der Waals surface area contributed by atoms with E-state index in [1.165, 1.54) is 257 Å². The van der Waals surface area contributed by atoms with Crippen molar-refractivity contribution >= 4 is 39.5 Å². The minimum Gasteiger partial charge on any atom is -0.462 e. The molecule has 0 rings (SSSR count). The normalized spacial score (nSPS) is 13.8.